The number of nitrogens with zero attached hydrogens (tertiary/aromatic N) is 2. The van der Waals surface area contributed by atoms with Crippen LogP contribution in [0.5, 0.6) is 5.75 Å². The number of amides is 2. The average molecular weight is 385 g/mol. The number of nitrogens with one attached hydrogen (secondary N) is 1. The lowest BCUT2D eigenvalue weighted by atomic mass is 10.0. The van der Waals surface area contributed by atoms with Gasteiger partial charge in [0.1, 0.15) is 29.6 Å². The lowest BCUT2D eigenvalue weighted by molar-refractivity contribution is -0.117. The molecule has 2 heterocycles. The lowest BCUT2D eigenvalue weighted by Crippen LogP contribution is -2.37. The highest BCUT2D eigenvalue weighted by Gasteiger charge is 2.29. The van der Waals surface area contributed by atoms with E-state index >= 15 is 0 Å². The van der Waals surface area contributed by atoms with Gasteiger partial charge in [-0.25, -0.2) is 4.39 Å². The van der Waals surface area contributed by atoms with Gasteiger partial charge in [-0.2, -0.15) is 0 Å². The van der Waals surface area contributed by atoms with Crippen LogP contribution in [-0.4, -0.2) is 42.1 Å². The Balaban J connectivity index is 2.10. The zero-order chi connectivity index (χ0) is 20.3. The molecule has 0 bridgehead atoms. The highest BCUT2D eigenvalue weighted by molar-refractivity contribution is 5.99. The Bertz CT molecular complexity index is 941. The number of fused-ring (bicyclic) bond motifs is 1. The minimum Gasteiger partial charge on any atom is -0.505 e. The summed E-state index contributed by atoms with van der Waals surface area (Å²) in [5, 5.41) is 12.8. The molecule has 1 aliphatic heterocycles. The fraction of sp³-hybridized carbons (Fsp3) is 0.250. The van der Waals surface area contributed by atoms with Gasteiger partial charge < -0.3 is 20.1 Å². The molecule has 28 heavy (non-hydrogen) atoms. The van der Waals surface area contributed by atoms with Crippen LogP contribution in [0.3, 0.4) is 0 Å². The lowest BCUT2D eigenvalue weighted by Gasteiger charge is -2.31. The SMILES string of the molecule is CNC(=O)/C=C(\O)c1ncc(Cc2ccc(F)cc2)c2c1N(C(C)=O)CCO2. The first-order valence-electron chi connectivity index (χ1n) is 8.70. The van der Waals surface area contributed by atoms with Crippen LogP contribution < -0.4 is 15.0 Å². The van der Waals surface area contributed by atoms with Crippen molar-refractivity contribution in [2.24, 2.45) is 0 Å². The fourth-order valence-electron chi connectivity index (χ4n) is 3.00. The zero-order valence-corrected chi connectivity index (χ0v) is 15.5. The van der Waals surface area contributed by atoms with Gasteiger partial charge in [-0.05, 0) is 17.7 Å². The van der Waals surface area contributed by atoms with E-state index in [2.05, 4.69) is 10.3 Å². The van der Waals surface area contributed by atoms with E-state index in [4.69, 9.17) is 4.74 Å². The third-order valence-corrected chi connectivity index (χ3v) is 4.36. The molecule has 0 spiro atoms. The minimum atomic E-state index is -0.505. The second-order valence-electron chi connectivity index (χ2n) is 6.28. The van der Waals surface area contributed by atoms with E-state index in [0.717, 1.165) is 11.6 Å². The first-order valence-corrected chi connectivity index (χ1v) is 8.70. The number of rotatable bonds is 4. The monoisotopic (exact) mass is 385 g/mol. The summed E-state index contributed by atoms with van der Waals surface area (Å²) in [5.41, 5.74) is 1.92. The summed E-state index contributed by atoms with van der Waals surface area (Å²) in [6.45, 7) is 1.99. The largest absolute Gasteiger partial charge is 0.505 e. The average Bonchev–Trinajstić information content (AvgIpc) is 2.69. The number of likely N-dealkylation sites (N-methyl/N-ethyl adjacent to an activating group) is 1. The van der Waals surface area contributed by atoms with Gasteiger partial charge in [0.05, 0.1) is 6.54 Å². The molecule has 1 aliphatic rings. The van der Waals surface area contributed by atoms with E-state index in [1.165, 1.54) is 37.2 Å². The van der Waals surface area contributed by atoms with Gasteiger partial charge in [0.2, 0.25) is 11.8 Å². The Morgan fingerprint density at radius 1 is 1.36 bits per heavy atom. The first kappa shape index (κ1) is 19.3. The molecule has 2 amide bonds. The molecule has 8 heteroatoms. The molecule has 146 valence electrons. The number of aliphatic hydroxyl groups is 1. The molecule has 0 saturated carbocycles. The number of aliphatic hydroxyl groups excluding tert-OH is 1. The molecular formula is C20H20FN3O4. The van der Waals surface area contributed by atoms with Crippen molar-refractivity contribution in [2.75, 3.05) is 25.1 Å². The molecule has 0 fully saturated rings. The number of carbonyl (C=O) groups is 2. The van der Waals surface area contributed by atoms with E-state index in [1.807, 2.05) is 0 Å². The van der Waals surface area contributed by atoms with Crippen LogP contribution in [0.4, 0.5) is 10.1 Å². The van der Waals surface area contributed by atoms with Crippen molar-refractivity contribution in [3.05, 3.63) is 59.2 Å². The van der Waals surface area contributed by atoms with Crippen LogP contribution in [0.15, 0.2) is 36.5 Å². The molecule has 1 aromatic heterocycles. The van der Waals surface area contributed by atoms with Crippen molar-refractivity contribution in [1.82, 2.24) is 10.3 Å². The highest BCUT2D eigenvalue weighted by atomic mass is 19.1. The molecule has 0 atom stereocenters. The quantitative estimate of drug-likeness (QED) is 0.622. The Labute approximate surface area is 161 Å². The third-order valence-electron chi connectivity index (χ3n) is 4.36. The van der Waals surface area contributed by atoms with Gasteiger partial charge in [0.15, 0.2) is 5.75 Å². The number of carbonyl (C=O) groups excluding carboxylic acids is 2. The van der Waals surface area contributed by atoms with Crippen molar-refractivity contribution in [1.29, 1.82) is 0 Å². The van der Waals surface area contributed by atoms with Gasteiger partial charge in [0, 0.05) is 38.2 Å². The minimum absolute atomic E-state index is 0.0800. The summed E-state index contributed by atoms with van der Waals surface area (Å²) >= 11 is 0. The molecule has 3 rings (SSSR count). The van der Waals surface area contributed by atoms with Crippen molar-refractivity contribution in [3.8, 4) is 5.75 Å². The molecule has 0 radical (unpaired) electrons. The van der Waals surface area contributed by atoms with Gasteiger partial charge >= 0.3 is 0 Å². The molecule has 2 N–H and O–H groups in total. The maximum atomic E-state index is 13.2. The van der Waals surface area contributed by atoms with Crippen LogP contribution in [0, 0.1) is 5.82 Å². The van der Waals surface area contributed by atoms with Crippen molar-refractivity contribution in [3.63, 3.8) is 0 Å². The maximum Gasteiger partial charge on any atom is 0.247 e. The molecular weight excluding hydrogens is 365 g/mol. The fourth-order valence-corrected chi connectivity index (χ4v) is 3.00. The Kier molecular flexibility index (Phi) is 5.58. The normalized spacial score (nSPS) is 13.5. The predicted molar refractivity (Wildman–Crippen MR) is 102 cm³/mol. The molecule has 0 unspecified atom stereocenters. The summed E-state index contributed by atoms with van der Waals surface area (Å²) in [6.07, 6.45) is 2.92. The summed E-state index contributed by atoms with van der Waals surface area (Å²) in [6, 6.07) is 6.04. The van der Waals surface area contributed by atoms with E-state index in [0.29, 0.717) is 30.0 Å². The predicted octanol–water partition coefficient (Wildman–Crippen LogP) is 2.20. The van der Waals surface area contributed by atoms with Crippen molar-refractivity contribution < 1.29 is 23.8 Å². The standard InChI is InChI=1S/C20H20FN3O4/c1-12(25)24-7-8-28-20-14(9-13-3-5-15(21)6-4-13)11-23-18(19(20)24)16(26)10-17(27)22-2/h3-6,10-11,26H,7-9H2,1-2H3,(H,22,27)/b16-10-. The van der Waals surface area contributed by atoms with Crippen molar-refractivity contribution in [2.45, 2.75) is 13.3 Å². The van der Waals surface area contributed by atoms with E-state index in [9.17, 15) is 19.1 Å². The molecule has 2 aromatic rings. The molecule has 0 aliphatic carbocycles. The van der Waals surface area contributed by atoms with Crippen LogP contribution in [-0.2, 0) is 16.0 Å². The Morgan fingerprint density at radius 3 is 2.71 bits per heavy atom. The zero-order valence-electron chi connectivity index (χ0n) is 15.5. The smallest absolute Gasteiger partial charge is 0.247 e. The van der Waals surface area contributed by atoms with Crippen LogP contribution in [0.25, 0.3) is 5.76 Å². The number of ether oxygens (including phenoxy) is 1. The number of pyridine rings is 1. The topological polar surface area (TPSA) is 91.8 Å². The summed E-state index contributed by atoms with van der Waals surface area (Å²) < 4.78 is 19.0. The molecule has 0 saturated heterocycles. The number of anilines is 1. The number of hydrogen-bond donors (Lipinski definition) is 2. The van der Waals surface area contributed by atoms with E-state index < -0.39 is 5.91 Å². The van der Waals surface area contributed by atoms with Gasteiger partial charge in [0.25, 0.3) is 0 Å². The van der Waals surface area contributed by atoms with Gasteiger partial charge in [-0.1, -0.05) is 12.1 Å². The summed E-state index contributed by atoms with van der Waals surface area (Å²) in [5.74, 6) is -1.04. The number of halogens is 1. The number of benzene rings is 1. The van der Waals surface area contributed by atoms with Gasteiger partial charge in [-0.3, -0.25) is 14.6 Å². The Morgan fingerprint density at radius 2 is 2.07 bits per heavy atom. The van der Waals surface area contributed by atoms with Crippen LogP contribution in [0.1, 0.15) is 23.7 Å². The van der Waals surface area contributed by atoms with Gasteiger partial charge in [-0.15, -0.1) is 0 Å². The molecule has 1 aromatic carbocycles. The number of hydrogen-bond acceptors (Lipinski definition) is 5. The van der Waals surface area contributed by atoms with Crippen molar-refractivity contribution >= 4 is 23.3 Å². The molecule has 7 nitrogen and oxygen atoms in total. The van der Waals surface area contributed by atoms with Crippen LogP contribution in [0.2, 0.25) is 0 Å². The van der Waals surface area contributed by atoms with E-state index in [-0.39, 0.29) is 29.8 Å². The number of aromatic nitrogens is 1. The first-order chi connectivity index (χ1) is 13.4. The second kappa shape index (κ2) is 8.08. The van der Waals surface area contributed by atoms with Crippen LogP contribution >= 0.6 is 0 Å². The maximum absolute atomic E-state index is 13.2. The summed E-state index contributed by atoms with van der Waals surface area (Å²) in [4.78, 5) is 29.5. The van der Waals surface area contributed by atoms with E-state index in [1.54, 1.807) is 12.1 Å². The second-order valence-corrected chi connectivity index (χ2v) is 6.28. The third kappa shape index (κ3) is 3.95. The Hall–Kier alpha value is -3.42. The summed E-state index contributed by atoms with van der Waals surface area (Å²) in [7, 11) is 1.44. The highest BCUT2D eigenvalue weighted by Crippen LogP contribution is 2.40.